The van der Waals surface area contributed by atoms with Crippen LogP contribution in [0.3, 0.4) is 0 Å². The van der Waals surface area contributed by atoms with Crippen molar-refractivity contribution >= 4 is 16.0 Å². The summed E-state index contributed by atoms with van der Waals surface area (Å²) in [5.74, 6) is 0. The average molecular weight is 162 g/mol. The van der Waals surface area contributed by atoms with Crippen LogP contribution in [0.1, 0.15) is 0 Å². The van der Waals surface area contributed by atoms with Crippen molar-refractivity contribution in [1.29, 1.82) is 10.8 Å². The second kappa shape index (κ2) is 2.25. The minimum absolute atomic E-state index is 0.109. The third-order valence-electron chi connectivity index (χ3n) is 0.895. The van der Waals surface area contributed by atoms with Gasteiger partial charge in [-0.05, 0) is 0 Å². The molecule has 0 unspecified atom stereocenters. The Morgan fingerprint density at radius 1 is 1.44 bits per heavy atom. The van der Waals surface area contributed by atoms with Gasteiger partial charge in [-0.2, -0.15) is 0 Å². The van der Waals surface area contributed by atoms with Gasteiger partial charge >= 0.3 is 60.1 Å². The molecule has 1 aliphatic rings. The summed E-state index contributed by atoms with van der Waals surface area (Å²) in [5.41, 5.74) is 0.285. The fourth-order valence-electron chi connectivity index (χ4n) is 0.431. The summed E-state index contributed by atoms with van der Waals surface area (Å²) in [6.07, 6.45) is 2.94. The van der Waals surface area contributed by atoms with E-state index in [0.29, 0.717) is 4.61 Å². The van der Waals surface area contributed by atoms with Gasteiger partial charge in [0.1, 0.15) is 0 Å². The first-order valence-corrected chi connectivity index (χ1v) is 2.83. The Morgan fingerprint density at radius 3 is 2.56 bits per heavy atom. The molecule has 0 aliphatic carbocycles. The molecule has 0 fully saturated rings. The van der Waals surface area contributed by atoms with Gasteiger partial charge in [0.25, 0.3) is 0 Å². The summed E-state index contributed by atoms with van der Waals surface area (Å²) < 4.78 is 0.363. The molecule has 0 spiro atoms. The van der Waals surface area contributed by atoms with Crippen molar-refractivity contribution in [3.05, 3.63) is 12.3 Å². The van der Waals surface area contributed by atoms with Gasteiger partial charge in [0.05, 0.1) is 0 Å². The Bertz CT molecular complexity index is 226. The van der Waals surface area contributed by atoms with Crippen LogP contribution in [-0.4, -0.2) is 16.0 Å². The van der Waals surface area contributed by atoms with E-state index in [1.807, 2.05) is 0 Å². The van der Waals surface area contributed by atoms with Crippen LogP contribution >= 0.6 is 0 Å². The van der Waals surface area contributed by atoms with Crippen molar-refractivity contribution in [2.45, 2.75) is 0 Å². The van der Waals surface area contributed by atoms with Gasteiger partial charge < -0.3 is 0 Å². The van der Waals surface area contributed by atoms with Crippen molar-refractivity contribution in [2.75, 3.05) is 0 Å². The summed E-state index contributed by atoms with van der Waals surface area (Å²) in [4.78, 5) is 3.72. The van der Waals surface area contributed by atoms with Gasteiger partial charge in [-0.3, -0.25) is 0 Å². The van der Waals surface area contributed by atoms with Crippen LogP contribution in [-0.2, 0) is 16.0 Å². The van der Waals surface area contributed by atoms with Crippen LogP contribution in [0.15, 0.2) is 17.3 Å². The van der Waals surface area contributed by atoms with E-state index >= 15 is 0 Å². The van der Waals surface area contributed by atoms with Crippen LogP contribution in [0.4, 0.5) is 0 Å². The molecule has 0 atom stereocenters. The van der Waals surface area contributed by atoms with Gasteiger partial charge in [-0.25, -0.2) is 0 Å². The van der Waals surface area contributed by atoms with E-state index in [4.69, 9.17) is 10.8 Å². The van der Waals surface area contributed by atoms with E-state index in [-0.39, 0.29) is 11.4 Å². The molecule has 9 heavy (non-hydrogen) atoms. The molecule has 0 aromatic rings. The first-order chi connectivity index (χ1) is 4.22. The zero-order chi connectivity index (χ0) is 6.85. The number of nitrogens with one attached hydrogen (secondary N) is 2. The fourth-order valence-corrected chi connectivity index (χ4v) is 0.662. The maximum atomic E-state index is 7.13. The summed E-state index contributed by atoms with van der Waals surface area (Å²) in [7, 11) is 0. The summed E-state index contributed by atoms with van der Waals surface area (Å²) in [5, 5.41) is 14.2. The van der Waals surface area contributed by atoms with E-state index in [2.05, 4.69) is 21.0 Å². The van der Waals surface area contributed by atoms with Crippen molar-refractivity contribution in [2.24, 2.45) is 4.99 Å². The number of hydrogen-bond donors (Lipinski definition) is 2. The predicted octanol–water partition coefficient (Wildman–Crippen LogP) is 0.499. The average Bonchev–Trinajstić information content (AvgIpc) is 1.83. The Hall–Kier alpha value is -0.731. The van der Waals surface area contributed by atoms with Crippen molar-refractivity contribution in [1.82, 2.24) is 0 Å². The van der Waals surface area contributed by atoms with E-state index < -0.39 is 0 Å². The number of aliphatic imine (C=N–C) groups is 1. The zero-order valence-corrected chi connectivity index (χ0v) is 5.56. The Labute approximate surface area is 60.7 Å². The Morgan fingerprint density at radius 2 is 2.11 bits per heavy atom. The molecule has 0 bridgehead atoms. The van der Waals surface area contributed by atoms with Gasteiger partial charge in [0.2, 0.25) is 0 Å². The minimum atomic E-state index is 0.109. The predicted molar refractivity (Wildman–Crippen MR) is 32.0 cm³/mol. The van der Waals surface area contributed by atoms with Crippen molar-refractivity contribution < 1.29 is 16.0 Å². The van der Waals surface area contributed by atoms with Gasteiger partial charge in [-0.1, -0.05) is 0 Å². The standard InChI is InChI=1S/C5H4N3.Fe/c6-4-1-2-8-3-5(4)7;/h1-2,6-7H;. The van der Waals surface area contributed by atoms with Crippen LogP contribution < -0.4 is 0 Å². The molecule has 0 aromatic carbocycles. The molecule has 1 aliphatic heterocycles. The summed E-state index contributed by atoms with van der Waals surface area (Å²) in [6.45, 7) is 0. The monoisotopic (exact) mass is 162 g/mol. The van der Waals surface area contributed by atoms with E-state index in [9.17, 15) is 0 Å². The first kappa shape index (κ1) is 6.39. The maximum absolute atomic E-state index is 7.13. The van der Waals surface area contributed by atoms with Crippen LogP contribution in [0.25, 0.3) is 0 Å². The quantitative estimate of drug-likeness (QED) is 0.487. The fraction of sp³-hybridized carbons (Fsp3) is 0. The number of hydrogen-bond acceptors (Lipinski definition) is 3. The van der Waals surface area contributed by atoms with Gasteiger partial charge in [-0.15, -0.1) is 0 Å². The second-order valence-corrected chi connectivity index (χ2v) is 2.04. The van der Waals surface area contributed by atoms with Crippen molar-refractivity contribution in [3.63, 3.8) is 0 Å². The van der Waals surface area contributed by atoms with E-state index in [0.717, 1.165) is 0 Å². The normalized spacial score (nSPS) is 18.1. The number of allylic oxidation sites excluding steroid dienone is 1. The molecule has 0 radical (unpaired) electrons. The molecule has 1 rings (SSSR count). The molecule has 3 nitrogen and oxygen atoms in total. The Balaban J connectivity index is 3.00. The molecule has 47 valence electrons. The molecule has 0 amide bonds. The second-order valence-electron chi connectivity index (χ2n) is 1.51. The van der Waals surface area contributed by atoms with Gasteiger partial charge in [0, 0.05) is 0 Å². The van der Waals surface area contributed by atoms with Crippen LogP contribution in [0.5, 0.6) is 0 Å². The van der Waals surface area contributed by atoms with Crippen molar-refractivity contribution in [3.8, 4) is 0 Å². The summed E-state index contributed by atoms with van der Waals surface area (Å²) >= 11 is 3.46. The molecule has 1 heterocycles. The molecule has 0 saturated carbocycles. The Kier molecular flexibility index (Phi) is 1.60. The molecule has 0 aromatic heterocycles. The number of rotatable bonds is 0. The first-order valence-electron chi connectivity index (χ1n) is 2.28. The number of nitrogens with zero attached hydrogens (tertiary/aromatic N) is 1. The zero-order valence-electron chi connectivity index (χ0n) is 4.46. The van der Waals surface area contributed by atoms with E-state index in [1.165, 1.54) is 12.3 Å². The molecule has 0 saturated heterocycles. The summed E-state index contributed by atoms with van der Waals surface area (Å²) in [6, 6.07) is 0. The van der Waals surface area contributed by atoms with Crippen LogP contribution in [0, 0.1) is 10.8 Å². The molecule has 2 N–H and O–H groups in total. The molecular formula is C5H4FeN3. The topological polar surface area (TPSA) is 60.1 Å². The third-order valence-corrected chi connectivity index (χ3v) is 1.31. The molecule has 4 heteroatoms. The van der Waals surface area contributed by atoms with Gasteiger partial charge in [0.15, 0.2) is 0 Å². The third kappa shape index (κ3) is 1.15. The van der Waals surface area contributed by atoms with Crippen LogP contribution in [0.2, 0.25) is 0 Å². The van der Waals surface area contributed by atoms with E-state index in [1.54, 1.807) is 0 Å². The molecular weight excluding hydrogens is 158 g/mol. The SMILES string of the molecule is N=C1C=CN=[C]([Fe])C1=N.